The van der Waals surface area contributed by atoms with Crippen LogP contribution in [0.3, 0.4) is 0 Å². The van der Waals surface area contributed by atoms with E-state index >= 15 is 0 Å². The van der Waals surface area contributed by atoms with Crippen LogP contribution in [0.2, 0.25) is 0 Å². The summed E-state index contributed by atoms with van der Waals surface area (Å²) in [6, 6.07) is 5.40. The third-order valence-electron chi connectivity index (χ3n) is 3.48. The Labute approximate surface area is 135 Å². The summed E-state index contributed by atoms with van der Waals surface area (Å²) in [5, 5.41) is 8.75. The van der Waals surface area contributed by atoms with E-state index < -0.39 is 0 Å². The lowest BCUT2D eigenvalue weighted by Crippen LogP contribution is -2.34. The van der Waals surface area contributed by atoms with Gasteiger partial charge in [-0.2, -0.15) is 0 Å². The Morgan fingerprint density at radius 1 is 1.18 bits per heavy atom. The van der Waals surface area contributed by atoms with Gasteiger partial charge in [0.15, 0.2) is 0 Å². The van der Waals surface area contributed by atoms with Crippen LogP contribution >= 0.6 is 12.4 Å². The maximum atomic E-state index is 12.7. The number of carbonyl (C=O) groups is 2. The summed E-state index contributed by atoms with van der Waals surface area (Å²) in [6.45, 7) is 2.65. The molecule has 1 heterocycles. The number of hydrogen-bond acceptors (Lipinski definition) is 3. The van der Waals surface area contributed by atoms with E-state index in [1.54, 1.807) is 0 Å². The van der Waals surface area contributed by atoms with E-state index in [0.717, 1.165) is 19.5 Å². The molecule has 0 aliphatic carbocycles. The fraction of sp³-hybridized carbons (Fsp3) is 0.467. The second-order valence-corrected chi connectivity index (χ2v) is 5.10. The highest BCUT2D eigenvalue weighted by Gasteiger charge is 2.21. The van der Waals surface area contributed by atoms with Crippen molar-refractivity contribution in [2.45, 2.75) is 12.8 Å². The summed E-state index contributed by atoms with van der Waals surface area (Å²) in [7, 11) is 0. The Kier molecular flexibility index (Phi) is 7.84. The molecule has 122 valence electrons. The zero-order valence-corrected chi connectivity index (χ0v) is 13.0. The van der Waals surface area contributed by atoms with Crippen LogP contribution in [0.15, 0.2) is 24.3 Å². The Balaban J connectivity index is 0.00000242. The smallest absolute Gasteiger partial charge is 0.251 e. The third kappa shape index (κ3) is 5.61. The summed E-state index contributed by atoms with van der Waals surface area (Å²) in [5.41, 5.74) is 0.428. The molecule has 2 amide bonds. The molecule has 7 heteroatoms. The van der Waals surface area contributed by atoms with E-state index in [1.807, 2.05) is 0 Å². The minimum Gasteiger partial charge on any atom is -0.356 e. The molecule has 1 aliphatic rings. The quantitative estimate of drug-likeness (QED) is 0.684. The molecule has 0 spiro atoms. The van der Waals surface area contributed by atoms with Gasteiger partial charge in [-0.15, -0.1) is 12.4 Å². The Morgan fingerprint density at radius 3 is 2.50 bits per heavy atom. The lowest BCUT2D eigenvalue weighted by atomic mass is 10.1. The van der Waals surface area contributed by atoms with Crippen molar-refractivity contribution in [3.05, 3.63) is 35.6 Å². The van der Waals surface area contributed by atoms with Gasteiger partial charge in [-0.05, 0) is 43.7 Å². The molecule has 0 radical (unpaired) electrons. The maximum Gasteiger partial charge on any atom is 0.251 e. The Morgan fingerprint density at radius 2 is 1.86 bits per heavy atom. The molecule has 1 saturated heterocycles. The largest absolute Gasteiger partial charge is 0.356 e. The molecule has 0 bridgehead atoms. The summed E-state index contributed by atoms with van der Waals surface area (Å²) < 4.78 is 12.7. The SMILES string of the molecule is Cl.O=C(NCCCNC(=O)C1CCNC1)c1ccc(F)cc1. The second kappa shape index (κ2) is 9.38. The second-order valence-electron chi connectivity index (χ2n) is 5.10. The summed E-state index contributed by atoms with van der Waals surface area (Å²) in [4.78, 5) is 23.5. The lowest BCUT2D eigenvalue weighted by molar-refractivity contribution is -0.124. The van der Waals surface area contributed by atoms with Crippen molar-refractivity contribution in [3.63, 3.8) is 0 Å². The fourth-order valence-electron chi connectivity index (χ4n) is 2.23. The van der Waals surface area contributed by atoms with Crippen LogP contribution in [-0.2, 0) is 4.79 Å². The molecule has 1 aromatic carbocycles. The minimum atomic E-state index is -0.365. The normalized spacial score (nSPS) is 16.7. The van der Waals surface area contributed by atoms with E-state index in [9.17, 15) is 14.0 Å². The van der Waals surface area contributed by atoms with Crippen molar-refractivity contribution in [1.29, 1.82) is 0 Å². The molecule has 1 unspecified atom stereocenters. The highest BCUT2D eigenvalue weighted by atomic mass is 35.5. The highest BCUT2D eigenvalue weighted by Crippen LogP contribution is 2.06. The Bertz CT molecular complexity index is 490. The van der Waals surface area contributed by atoms with Crippen molar-refractivity contribution < 1.29 is 14.0 Å². The van der Waals surface area contributed by atoms with Crippen LogP contribution in [0.1, 0.15) is 23.2 Å². The first-order chi connectivity index (χ1) is 10.2. The van der Waals surface area contributed by atoms with Gasteiger partial charge in [-0.1, -0.05) is 0 Å². The van der Waals surface area contributed by atoms with Crippen LogP contribution in [0, 0.1) is 11.7 Å². The molecule has 5 nitrogen and oxygen atoms in total. The molecular formula is C15H21ClFN3O2. The predicted octanol–water partition coefficient (Wildman–Crippen LogP) is 1.09. The van der Waals surface area contributed by atoms with Gasteiger partial charge in [0.1, 0.15) is 5.82 Å². The summed E-state index contributed by atoms with van der Waals surface area (Å²) in [6.07, 6.45) is 1.55. The molecule has 1 atom stereocenters. The predicted molar refractivity (Wildman–Crippen MR) is 84.6 cm³/mol. The van der Waals surface area contributed by atoms with Crippen LogP contribution in [-0.4, -0.2) is 38.0 Å². The van der Waals surface area contributed by atoms with Crippen LogP contribution < -0.4 is 16.0 Å². The zero-order chi connectivity index (χ0) is 15.1. The van der Waals surface area contributed by atoms with Gasteiger partial charge >= 0.3 is 0 Å². The number of rotatable bonds is 6. The summed E-state index contributed by atoms with van der Waals surface area (Å²) in [5.74, 6) is -0.458. The van der Waals surface area contributed by atoms with E-state index in [4.69, 9.17) is 0 Å². The van der Waals surface area contributed by atoms with Crippen molar-refractivity contribution in [3.8, 4) is 0 Å². The zero-order valence-electron chi connectivity index (χ0n) is 12.2. The first kappa shape index (κ1) is 18.4. The van der Waals surface area contributed by atoms with Crippen molar-refractivity contribution >= 4 is 24.2 Å². The highest BCUT2D eigenvalue weighted by molar-refractivity contribution is 5.94. The van der Waals surface area contributed by atoms with Gasteiger partial charge in [-0.25, -0.2) is 4.39 Å². The molecule has 0 saturated carbocycles. The number of halogens is 2. The van der Waals surface area contributed by atoms with Crippen molar-refractivity contribution in [2.75, 3.05) is 26.2 Å². The summed E-state index contributed by atoms with van der Waals surface area (Å²) >= 11 is 0. The van der Waals surface area contributed by atoms with E-state index in [0.29, 0.717) is 25.1 Å². The van der Waals surface area contributed by atoms with Gasteiger partial charge in [0.2, 0.25) is 5.91 Å². The van der Waals surface area contributed by atoms with E-state index in [-0.39, 0.29) is 36.0 Å². The monoisotopic (exact) mass is 329 g/mol. The van der Waals surface area contributed by atoms with Gasteiger partial charge in [0, 0.05) is 25.2 Å². The molecular weight excluding hydrogens is 309 g/mol. The van der Waals surface area contributed by atoms with Crippen molar-refractivity contribution in [2.24, 2.45) is 5.92 Å². The van der Waals surface area contributed by atoms with Crippen LogP contribution in [0.5, 0.6) is 0 Å². The molecule has 1 fully saturated rings. The molecule has 1 aromatic rings. The topological polar surface area (TPSA) is 70.2 Å². The third-order valence-corrected chi connectivity index (χ3v) is 3.48. The Hall–Kier alpha value is -1.66. The maximum absolute atomic E-state index is 12.7. The van der Waals surface area contributed by atoms with Crippen LogP contribution in [0.4, 0.5) is 4.39 Å². The number of nitrogens with one attached hydrogen (secondary N) is 3. The molecule has 1 aliphatic heterocycles. The van der Waals surface area contributed by atoms with Gasteiger partial charge in [-0.3, -0.25) is 9.59 Å². The molecule has 2 rings (SSSR count). The standard InChI is InChI=1S/C15H20FN3O2.ClH/c16-13-4-2-11(3-5-13)14(20)18-7-1-8-19-15(21)12-6-9-17-10-12;/h2-5,12,17H,1,6-10H2,(H,18,20)(H,19,21);1H. The molecule has 0 aromatic heterocycles. The molecule has 22 heavy (non-hydrogen) atoms. The molecule has 3 N–H and O–H groups in total. The minimum absolute atomic E-state index is 0. The number of hydrogen-bond donors (Lipinski definition) is 3. The average molecular weight is 330 g/mol. The van der Waals surface area contributed by atoms with Gasteiger partial charge in [0.05, 0.1) is 5.92 Å². The number of benzene rings is 1. The average Bonchev–Trinajstić information content (AvgIpc) is 3.01. The fourth-order valence-corrected chi connectivity index (χ4v) is 2.23. The number of amides is 2. The first-order valence-electron chi connectivity index (χ1n) is 7.19. The van der Waals surface area contributed by atoms with Gasteiger partial charge in [0.25, 0.3) is 5.91 Å². The first-order valence-corrected chi connectivity index (χ1v) is 7.19. The van der Waals surface area contributed by atoms with Gasteiger partial charge < -0.3 is 16.0 Å². The van der Waals surface area contributed by atoms with Crippen molar-refractivity contribution in [1.82, 2.24) is 16.0 Å². The number of carbonyl (C=O) groups excluding carboxylic acids is 2. The lowest BCUT2D eigenvalue weighted by Gasteiger charge is -2.10. The van der Waals surface area contributed by atoms with E-state index in [1.165, 1.54) is 24.3 Å². The van der Waals surface area contributed by atoms with Crippen LogP contribution in [0.25, 0.3) is 0 Å². The van der Waals surface area contributed by atoms with E-state index in [2.05, 4.69) is 16.0 Å².